The first-order valence-electron chi connectivity index (χ1n) is 5.89. The van der Waals surface area contributed by atoms with Crippen molar-refractivity contribution in [2.45, 2.75) is 6.42 Å². The molecule has 1 aromatic heterocycles. The summed E-state index contributed by atoms with van der Waals surface area (Å²) in [5, 5.41) is 9.69. The second kappa shape index (κ2) is 5.88. The maximum atomic E-state index is 10.9. The topological polar surface area (TPSA) is 88.3 Å². The fourth-order valence-electron chi connectivity index (χ4n) is 1.84. The van der Waals surface area contributed by atoms with Gasteiger partial charge in [0.25, 0.3) is 0 Å². The van der Waals surface area contributed by atoms with Crippen LogP contribution in [-0.4, -0.2) is 34.7 Å². The third-order valence-electron chi connectivity index (χ3n) is 2.72. The molecule has 2 rings (SSSR count). The molecule has 5 nitrogen and oxygen atoms in total. The molecule has 0 bridgehead atoms. The molecule has 0 amide bonds. The van der Waals surface area contributed by atoms with Crippen molar-refractivity contribution in [3.8, 4) is 5.75 Å². The molecule has 1 heterocycles. The van der Waals surface area contributed by atoms with Gasteiger partial charge in [-0.1, -0.05) is 0 Å². The van der Waals surface area contributed by atoms with Gasteiger partial charge < -0.3 is 20.6 Å². The summed E-state index contributed by atoms with van der Waals surface area (Å²) in [6.07, 6.45) is 3.02. The number of H-pyrrole nitrogens is 1. The Morgan fingerprint density at radius 3 is 2.95 bits per heavy atom. The maximum absolute atomic E-state index is 10.9. The number of fused-ring (bicyclic) bond motifs is 1. The zero-order valence-corrected chi connectivity index (χ0v) is 11.4. The number of nitrogen functional groups attached to an aromatic ring is 1. The molecule has 102 valence electrons. The zero-order valence-electron chi connectivity index (χ0n) is 10.6. The first-order chi connectivity index (χ1) is 9.11. The van der Waals surface area contributed by atoms with Crippen molar-refractivity contribution in [3.05, 3.63) is 23.9 Å². The van der Waals surface area contributed by atoms with E-state index in [1.54, 1.807) is 30.0 Å². The number of rotatable bonds is 6. The van der Waals surface area contributed by atoms with Crippen LogP contribution < -0.4 is 10.5 Å². The number of ether oxygens (including phenoxy) is 1. The molecule has 0 fully saturated rings. The Kier molecular flexibility index (Phi) is 4.21. The largest absolute Gasteiger partial charge is 0.493 e. The van der Waals surface area contributed by atoms with Gasteiger partial charge in [-0.2, -0.15) is 11.8 Å². The van der Waals surface area contributed by atoms with E-state index >= 15 is 0 Å². The number of carboxylic acids is 1. The van der Waals surface area contributed by atoms with E-state index in [4.69, 9.17) is 15.6 Å². The van der Waals surface area contributed by atoms with E-state index in [-0.39, 0.29) is 5.69 Å². The SMILES string of the molecule is CSCCCOc1cc(N)c2[nH]c(C(=O)O)cc2c1. The summed E-state index contributed by atoms with van der Waals surface area (Å²) in [6, 6.07) is 5.07. The Morgan fingerprint density at radius 1 is 1.47 bits per heavy atom. The standard InChI is InChI=1S/C13H16N2O3S/c1-19-4-2-3-18-9-5-8-6-11(13(16)17)15-12(8)10(14)7-9/h5-7,15H,2-4,14H2,1H3,(H,16,17). The zero-order chi connectivity index (χ0) is 13.8. The van der Waals surface area contributed by atoms with E-state index in [1.807, 2.05) is 0 Å². The van der Waals surface area contributed by atoms with Crippen LogP contribution in [0.3, 0.4) is 0 Å². The molecule has 6 heteroatoms. The highest BCUT2D eigenvalue weighted by Crippen LogP contribution is 2.27. The summed E-state index contributed by atoms with van der Waals surface area (Å²) in [5.74, 6) is 0.713. The lowest BCUT2D eigenvalue weighted by molar-refractivity contribution is 0.0691. The number of benzene rings is 1. The third kappa shape index (κ3) is 3.14. The van der Waals surface area contributed by atoms with Gasteiger partial charge in [-0.05, 0) is 30.6 Å². The lowest BCUT2D eigenvalue weighted by atomic mass is 10.2. The van der Waals surface area contributed by atoms with Crippen LogP contribution >= 0.6 is 11.8 Å². The highest BCUT2D eigenvalue weighted by Gasteiger charge is 2.10. The quantitative estimate of drug-likeness (QED) is 0.559. The molecule has 0 saturated heterocycles. The molecule has 0 saturated carbocycles. The fraction of sp³-hybridized carbons (Fsp3) is 0.308. The van der Waals surface area contributed by atoms with E-state index < -0.39 is 5.97 Å². The minimum absolute atomic E-state index is 0.126. The number of aromatic carboxylic acids is 1. The van der Waals surface area contributed by atoms with Crippen LogP contribution in [0.15, 0.2) is 18.2 Å². The average Bonchev–Trinajstić information content (AvgIpc) is 2.79. The Morgan fingerprint density at radius 2 is 2.26 bits per heavy atom. The second-order valence-electron chi connectivity index (χ2n) is 4.16. The molecule has 0 spiro atoms. The first kappa shape index (κ1) is 13.6. The van der Waals surface area contributed by atoms with Crippen molar-refractivity contribution in [2.75, 3.05) is 24.3 Å². The number of aromatic nitrogens is 1. The van der Waals surface area contributed by atoms with Gasteiger partial charge in [0.2, 0.25) is 0 Å². The van der Waals surface area contributed by atoms with E-state index in [0.717, 1.165) is 17.6 Å². The number of carboxylic acid groups (broad SMARTS) is 1. The summed E-state index contributed by atoms with van der Waals surface area (Å²) in [5.41, 5.74) is 7.14. The summed E-state index contributed by atoms with van der Waals surface area (Å²) in [6.45, 7) is 0.627. The van der Waals surface area contributed by atoms with E-state index in [0.29, 0.717) is 23.6 Å². The molecule has 0 aliphatic rings. The van der Waals surface area contributed by atoms with Crippen LogP contribution in [0.2, 0.25) is 0 Å². The highest BCUT2D eigenvalue weighted by molar-refractivity contribution is 7.98. The predicted octanol–water partition coefficient (Wildman–Crippen LogP) is 2.58. The summed E-state index contributed by atoms with van der Waals surface area (Å²) >= 11 is 1.77. The Balaban J connectivity index is 2.20. The average molecular weight is 280 g/mol. The van der Waals surface area contributed by atoms with Crippen LogP contribution in [0.1, 0.15) is 16.9 Å². The van der Waals surface area contributed by atoms with Crippen LogP contribution in [0.25, 0.3) is 10.9 Å². The monoisotopic (exact) mass is 280 g/mol. The lowest BCUT2D eigenvalue weighted by Gasteiger charge is -2.07. The molecule has 1 aromatic carbocycles. The lowest BCUT2D eigenvalue weighted by Crippen LogP contribution is -1.99. The molecule has 2 aromatic rings. The predicted molar refractivity (Wildman–Crippen MR) is 78.2 cm³/mol. The smallest absolute Gasteiger partial charge is 0.352 e. The Hall–Kier alpha value is -1.82. The number of nitrogens with one attached hydrogen (secondary N) is 1. The normalized spacial score (nSPS) is 10.8. The Labute approximate surface area is 115 Å². The molecule has 0 radical (unpaired) electrons. The van der Waals surface area contributed by atoms with Crippen molar-refractivity contribution < 1.29 is 14.6 Å². The van der Waals surface area contributed by atoms with Crippen molar-refractivity contribution in [2.24, 2.45) is 0 Å². The molecule has 0 atom stereocenters. The van der Waals surface area contributed by atoms with E-state index in [1.165, 1.54) is 0 Å². The number of anilines is 1. The van der Waals surface area contributed by atoms with Crippen molar-refractivity contribution in [3.63, 3.8) is 0 Å². The highest BCUT2D eigenvalue weighted by atomic mass is 32.2. The van der Waals surface area contributed by atoms with Gasteiger partial charge >= 0.3 is 5.97 Å². The van der Waals surface area contributed by atoms with Gasteiger partial charge in [-0.25, -0.2) is 4.79 Å². The summed E-state index contributed by atoms with van der Waals surface area (Å²) in [4.78, 5) is 13.7. The summed E-state index contributed by atoms with van der Waals surface area (Å²) in [7, 11) is 0. The number of hydrogen-bond acceptors (Lipinski definition) is 4. The van der Waals surface area contributed by atoms with Gasteiger partial charge in [0, 0.05) is 11.5 Å². The maximum Gasteiger partial charge on any atom is 0.352 e. The molecule has 0 aliphatic heterocycles. The molecule has 0 unspecified atom stereocenters. The van der Waals surface area contributed by atoms with Gasteiger partial charge in [0.05, 0.1) is 17.8 Å². The minimum Gasteiger partial charge on any atom is -0.493 e. The van der Waals surface area contributed by atoms with Crippen molar-refractivity contribution >= 4 is 34.3 Å². The van der Waals surface area contributed by atoms with Crippen LogP contribution in [0, 0.1) is 0 Å². The van der Waals surface area contributed by atoms with Crippen LogP contribution in [0.4, 0.5) is 5.69 Å². The fourth-order valence-corrected chi connectivity index (χ4v) is 2.24. The molecule has 0 aliphatic carbocycles. The van der Waals surface area contributed by atoms with Gasteiger partial charge in [-0.3, -0.25) is 0 Å². The number of thioether (sulfide) groups is 1. The van der Waals surface area contributed by atoms with Crippen molar-refractivity contribution in [1.29, 1.82) is 0 Å². The minimum atomic E-state index is -1.00. The third-order valence-corrected chi connectivity index (χ3v) is 3.42. The van der Waals surface area contributed by atoms with Gasteiger partial charge in [0.15, 0.2) is 0 Å². The molecular formula is C13H16N2O3S. The Bertz CT molecular complexity index is 595. The van der Waals surface area contributed by atoms with Crippen LogP contribution in [-0.2, 0) is 0 Å². The van der Waals surface area contributed by atoms with Crippen molar-refractivity contribution in [1.82, 2.24) is 4.98 Å². The molecule has 4 N–H and O–H groups in total. The van der Waals surface area contributed by atoms with E-state index in [2.05, 4.69) is 11.2 Å². The first-order valence-corrected chi connectivity index (χ1v) is 7.28. The van der Waals surface area contributed by atoms with E-state index in [9.17, 15) is 4.79 Å². The van der Waals surface area contributed by atoms with Crippen LogP contribution in [0.5, 0.6) is 5.75 Å². The second-order valence-corrected chi connectivity index (χ2v) is 5.15. The van der Waals surface area contributed by atoms with Gasteiger partial charge in [-0.15, -0.1) is 0 Å². The number of carbonyl (C=O) groups is 1. The summed E-state index contributed by atoms with van der Waals surface area (Å²) < 4.78 is 5.61. The number of nitrogens with two attached hydrogens (primary N) is 1. The molecular weight excluding hydrogens is 264 g/mol. The number of aromatic amines is 1. The number of hydrogen-bond donors (Lipinski definition) is 3. The molecule has 19 heavy (non-hydrogen) atoms. The van der Waals surface area contributed by atoms with Gasteiger partial charge in [0.1, 0.15) is 11.4 Å².